The summed E-state index contributed by atoms with van der Waals surface area (Å²) >= 11 is 1.12. The minimum absolute atomic E-state index is 0.0316. The molecule has 4 nitrogen and oxygen atoms in total. The predicted molar refractivity (Wildman–Crippen MR) is 66.9 cm³/mol. The molecular formula is C12H17N3OS. The van der Waals surface area contributed by atoms with Crippen LogP contribution in [-0.2, 0) is 10.2 Å². The van der Waals surface area contributed by atoms with Gasteiger partial charge in [-0.3, -0.25) is 4.68 Å². The van der Waals surface area contributed by atoms with Crippen molar-refractivity contribution in [3.05, 3.63) is 11.8 Å². The van der Waals surface area contributed by atoms with Gasteiger partial charge in [0.15, 0.2) is 0 Å². The number of nitrogens with zero attached hydrogens (tertiary/aromatic N) is 3. The Morgan fingerprint density at radius 3 is 2.88 bits per heavy atom. The van der Waals surface area contributed by atoms with Crippen LogP contribution in [0.1, 0.15) is 38.9 Å². The van der Waals surface area contributed by atoms with Gasteiger partial charge in [0.1, 0.15) is 10.4 Å². The van der Waals surface area contributed by atoms with Gasteiger partial charge in [0.2, 0.25) is 0 Å². The van der Waals surface area contributed by atoms with Gasteiger partial charge in [0.05, 0.1) is 12.6 Å². The van der Waals surface area contributed by atoms with Crippen molar-refractivity contribution in [2.75, 3.05) is 13.2 Å². The molecule has 2 heterocycles. The van der Waals surface area contributed by atoms with Gasteiger partial charge in [-0.05, 0) is 12.5 Å². The smallest absolute Gasteiger partial charge is 0.140 e. The molecule has 1 aromatic rings. The summed E-state index contributed by atoms with van der Waals surface area (Å²) in [6.45, 7) is 8.02. The molecular weight excluding hydrogens is 234 g/mol. The molecule has 1 aliphatic heterocycles. The molecule has 1 fully saturated rings. The first-order valence-electron chi connectivity index (χ1n) is 5.76. The zero-order chi connectivity index (χ0) is 12.5. The van der Waals surface area contributed by atoms with Gasteiger partial charge in [-0.15, -0.1) is 0 Å². The van der Waals surface area contributed by atoms with Gasteiger partial charge in [-0.25, -0.2) is 0 Å². The van der Waals surface area contributed by atoms with E-state index in [2.05, 4.69) is 31.3 Å². The number of hydrogen-bond donors (Lipinski definition) is 0. The normalized spacial score (nSPS) is 20.5. The second kappa shape index (κ2) is 4.71. The number of rotatable bonds is 2. The molecule has 0 bridgehead atoms. The molecule has 1 aromatic heterocycles. The number of hydrogen-bond acceptors (Lipinski definition) is 4. The summed E-state index contributed by atoms with van der Waals surface area (Å²) in [4.78, 5) is 0. The van der Waals surface area contributed by atoms with Crippen LogP contribution in [0.3, 0.4) is 0 Å². The maximum Gasteiger partial charge on any atom is 0.140 e. The SMILES string of the molecule is CC(C)(C)c1cc(SC#N)nn1[C@@H]1CCOC1. The summed E-state index contributed by atoms with van der Waals surface area (Å²) in [5, 5.41) is 16.1. The number of thioether (sulfide) groups is 1. The summed E-state index contributed by atoms with van der Waals surface area (Å²) in [5.41, 5.74) is 1.20. The van der Waals surface area contributed by atoms with E-state index in [0.29, 0.717) is 6.04 Å². The Morgan fingerprint density at radius 2 is 2.35 bits per heavy atom. The summed E-state index contributed by atoms with van der Waals surface area (Å²) in [7, 11) is 0. The molecule has 17 heavy (non-hydrogen) atoms. The van der Waals surface area contributed by atoms with Crippen LogP contribution >= 0.6 is 11.8 Å². The Balaban J connectivity index is 2.37. The number of ether oxygens (including phenoxy) is 1. The van der Waals surface area contributed by atoms with Crippen molar-refractivity contribution in [1.82, 2.24) is 9.78 Å². The van der Waals surface area contributed by atoms with Crippen LogP contribution < -0.4 is 0 Å². The van der Waals surface area contributed by atoms with Gasteiger partial charge < -0.3 is 4.74 Å². The van der Waals surface area contributed by atoms with E-state index < -0.39 is 0 Å². The number of thiocyanates is 1. The standard InChI is InChI=1S/C12H17N3OS/c1-12(2,3)10-6-11(17-8-13)14-15(10)9-4-5-16-7-9/h6,9H,4-5,7H2,1-3H3/t9-/m1/s1. The predicted octanol–water partition coefficient (Wildman–Crippen LogP) is 2.72. The first-order valence-corrected chi connectivity index (χ1v) is 6.57. The second-order valence-electron chi connectivity index (χ2n) is 5.27. The van der Waals surface area contributed by atoms with Crippen LogP contribution in [0.25, 0.3) is 0 Å². The number of nitriles is 1. The van der Waals surface area contributed by atoms with Crippen LogP contribution in [0.2, 0.25) is 0 Å². The summed E-state index contributed by atoms with van der Waals surface area (Å²) in [6.07, 6.45) is 1.00. The highest BCUT2D eigenvalue weighted by Crippen LogP contribution is 2.31. The molecule has 0 spiro atoms. The molecule has 0 aromatic carbocycles. The highest BCUT2D eigenvalue weighted by molar-refractivity contribution is 8.03. The lowest BCUT2D eigenvalue weighted by Gasteiger charge is -2.22. The monoisotopic (exact) mass is 251 g/mol. The third-order valence-electron chi connectivity index (χ3n) is 2.88. The Bertz CT molecular complexity index is 436. The fraction of sp³-hybridized carbons (Fsp3) is 0.667. The second-order valence-corrected chi connectivity index (χ2v) is 6.08. The molecule has 1 saturated heterocycles. The van der Waals surface area contributed by atoms with Crippen LogP contribution in [0.4, 0.5) is 0 Å². The van der Waals surface area contributed by atoms with Gasteiger partial charge in [0.25, 0.3) is 0 Å². The largest absolute Gasteiger partial charge is 0.379 e. The van der Waals surface area contributed by atoms with Gasteiger partial charge in [-0.2, -0.15) is 10.4 Å². The third-order valence-corrected chi connectivity index (χ3v) is 3.38. The zero-order valence-corrected chi connectivity index (χ0v) is 11.3. The third kappa shape index (κ3) is 2.64. The molecule has 2 rings (SSSR count). The van der Waals surface area contributed by atoms with E-state index in [4.69, 9.17) is 10.00 Å². The average molecular weight is 251 g/mol. The lowest BCUT2D eigenvalue weighted by Crippen LogP contribution is -2.22. The molecule has 0 amide bonds. The van der Waals surface area contributed by atoms with Crippen molar-refractivity contribution < 1.29 is 4.74 Å². The molecule has 1 atom stereocenters. The highest BCUT2D eigenvalue weighted by atomic mass is 32.2. The van der Waals surface area contributed by atoms with Gasteiger partial charge >= 0.3 is 0 Å². The van der Waals surface area contributed by atoms with Crippen molar-refractivity contribution in [1.29, 1.82) is 5.26 Å². The summed E-state index contributed by atoms with van der Waals surface area (Å²) < 4.78 is 7.46. The lowest BCUT2D eigenvalue weighted by atomic mass is 9.92. The van der Waals surface area contributed by atoms with Crippen molar-refractivity contribution in [2.45, 2.75) is 43.7 Å². The van der Waals surface area contributed by atoms with E-state index in [1.807, 2.05) is 10.7 Å². The average Bonchev–Trinajstić information content (AvgIpc) is 2.82. The van der Waals surface area contributed by atoms with E-state index in [1.54, 1.807) is 0 Å². The molecule has 0 N–H and O–H groups in total. The quantitative estimate of drug-likeness (QED) is 0.599. The van der Waals surface area contributed by atoms with E-state index in [1.165, 1.54) is 5.69 Å². The summed E-state index contributed by atoms with van der Waals surface area (Å²) in [5.74, 6) is 0. The minimum atomic E-state index is 0.0316. The van der Waals surface area contributed by atoms with Crippen molar-refractivity contribution in [3.8, 4) is 5.40 Å². The van der Waals surface area contributed by atoms with Gasteiger partial charge in [-0.1, -0.05) is 20.8 Å². The molecule has 0 aliphatic carbocycles. The molecule has 92 valence electrons. The Morgan fingerprint density at radius 1 is 1.59 bits per heavy atom. The van der Waals surface area contributed by atoms with Gasteiger partial charge in [0, 0.05) is 29.5 Å². The fourth-order valence-electron chi connectivity index (χ4n) is 2.02. The van der Waals surface area contributed by atoms with E-state index >= 15 is 0 Å². The van der Waals surface area contributed by atoms with E-state index in [9.17, 15) is 0 Å². The van der Waals surface area contributed by atoms with E-state index in [-0.39, 0.29) is 5.41 Å². The molecule has 0 unspecified atom stereocenters. The van der Waals surface area contributed by atoms with Crippen LogP contribution in [0.5, 0.6) is 0 Å². The Kier molecular flexibility index (Phi) is 3.45. The van der Waals surface area contributed by atoms with Crippen LogP contribution in [-0.4, -0.2) is 23.0 Å². The zero-order valence-electron chi connectivity index (χ0n) is 10.4. The first-order chi connectivity index (χ1) is 8.02. The molecule has 0 radical (unpaired) electrons. The van der Waals surface area contributed by atoms with Crippen LogP contribution in [0.15, 0.2) is 11.1 Å². The topological polar surface area (TPSA) is 50.8 Å². The van der Waals surface area contributed by atoms with Crippen molar-refractivity contribution in [2.24, 2.45) is 0 Å². The molecule has 0 saturated carbocycles. The first kappa shape index (κ1) is 12.5. The maximum absolute atomic E-state index is 8.73. The molecule has 1 aliphatic rings. The Labute approximate surface area is 106 Å². The minimum Gasteiger partial charge on any atom is -0.379 e. The lowest BCUT2D eigenvalue weighted by molar-refractivity contribution is 0.183. The van der Waals surface area contributed by atoms with E-state index in [0.717, 1.165) is 36.4 Å². The maximum atomic E-state index is 8.73. The van der Waals surface area contributed by atoms with Crippen molar-refractivity contribution >= 4 is 11.8 Å². The van der Waals surface area contributed by atoms with Crippen molar-refractivity contribution in [3.63, 3.8) is 0 Å². The Hall–Kier alpha value is -0.990. The highest BCUT2D eigenvalue weighted by Gasteiger charge is 2.27. The fourth-order valence-corrected chi connectivity index (χ4v) is 2.41. The number of aromatic nitrogens is 2. The molecule has 5 heteroatoms. The van der Waals surface area contributed by atoms with Crippen LogP contribution in [0, 0.1) is 10.7 Å². The summed E-state index contributed by atoms with van der Waals surface area (Å²) in [6, 6.07) is 2.34.